The van der Waals surface area contributed by atoms with Crippen LogP contribution in [0.25, 0.3) is 10.9 Å². The van der Waals surface area contributed by atoms with Crippen LogP contribution in [0.15, 0.2) is 30.3 Å². The summed E-state index contributed by atoms with van der Waals surface area (Å²) in [4.78, 5) is 15.0. The highest BCUT2D eigenvalue weighted by molar-refractivity contribution is 5.80. The molecule has 0 aliphatic rings. The molecule has 5 nitrogen and oxygen atoms in total. The van der Waals surface area contributed by atoms with E-state index in [1.165, 1.54) is 0 Å². The molecule has 19 heavy (non-hydrogen) atoms. The molecule has 0 aliphatic heterocycles. The Morgan fingerprint density at radius 2 is 2.21 bits per heavy atom. The van der Waals surface area contributed by atoms with E-state index in [2.05, 4.69) is 4.98 Å². The van der Waals surface area contributed by atoms with Gasteiger partial charge in [-0.1, -0.05) is 6.07 Å². The van der Waals surface area contributed by atoms with E-state index in [1.54, 1.807) is 7.11 Å². The van der Waals surface area contributed by atoms with Crippen LogP contribution < -0.4 is 10.5 Å². The third-order valence-electron chi connectivity index (χ3n) is 2.97. The van der Waals surface area contributed by atoms with Gasteiger partial charge in [-0.15, -0.1) is 0 Å². The molecule has 1 heterocycles. The molecule has 0 bridgehead atoms. The second-order valence-electron chi connectivity index (χ2n) is 4.33. The highest BCUT2D eigenvalue weighted by atomic mass is 16.5. The van der Waals surface area contributed by atoms with Crippen molar-refractivity contribution in [3.05, 3.63) is 36.0 Å². The molecule has 1 aromatic carbocycles. The maximum absolute atomic E-state index is 10.5. The first-order valence-corrected chi connectivity index (χ1v) is 6.02. The summed E-state index contributed by atoms with van der Waals surface area (Å²) in [6.45, 7) is 0. The fourth-order valence-electron chi connectivity index (χ4n) is 1.88. The highest BCUT2D eigenvalue weighted by Crippen LogP contribution is 2.22. The Balaban J connectivity index is 2.23. The second-order valence-corrected chi connectivity index (χ2v) is 4.33. The van der Waals surface area contributed by atoms with Crippen LogP contribution in [0, 0.1) is 0 Å². The molecule has 1 unspecified atom stereocenters. The van der Waals surface area contributed by atoms with Crippen molar-refractivity contribution in [2.24, 2.45) is 5.73 Å². The van der Waals surface area contributed by atoms with Crippen molar-refractivity contribution in [1.82, 2.24) is 4.98 Å². The van der Waals surface area contributed by atoms with Crippen molar-refractivity contribution >= 4 is 16.9 Å². The summed E-state index contributed by atoms with van der Waals surface area (Å²) in [7, 11) is 1.62. The van der Waals surface area contributed by atoms with Crippen LogP contribution in [-0.2, 0) is 4.79 Å². The molecule has 0 saturated carbocycles. The summed E-state index contributed by atoms with van der Waals surface area (Å²) in [5, 5.41) is 9.62. The molecule has 2 aromatic rings. The van der Waals surface area contributed by atoms with Crippen molar-refractivity contribution in [2.45, 2.75) is 18.9 Å². The number of nitrogens with zero attached hydrogens (tertiary/aromatic N) is 1. The molecule has 0 amide bonds. The smallest absolute Gasteiger partial charge is 0.303 e. The van der Waals surface area contributed by atoms with Gasteiger partial charge in [0.15, 0.2) is 0 Å². The maximum atomic E-state index is 10.5. The Kier molecular flexibility index (Phi) is 3.97. The fraction of sp³-hybridized carbons (Fsp3) is 0.286. The van der Waals surface area contributed by atoms with E-state index >= 15 is 0 Å². The van der Waals surface area contributed by atoms with Gasteiger partial charge < -0.3 is 15.6 Å². The lowest BCUT2D eigenvalue weighted by atomic mass is 10.1. The third kappa shape index (κ3) is 3.20. The molecule has 0 radical (unpaired) electrons. The molecule has 100 valence electrons. The van der Waals surface area contributed by atoms with Gasteiger partial charge >= 0.3 is 5.97 Å². The van der Waals surface area contributed by atoms with Gasteiger partial charge in [0.2, 0.25) is 0 Å². The van der Waals surface area contributed by atoms with Gasteiger partial charge in [0.05, 0.1) is 18.3 Å². The van der Waals surface area contributed by atoms with Gasteiger partial charge in [0.1, 0.15) is 5.75 Å². The molecular formula is C14H16N2O3. The minimum atomic E-state index is -0.846. The Labute approximate surface area is 111 Å². The predicted octanol–water partition coefficient (Wildman–Crippen LogP) is 2.11. The number of rotatable bonds is 5. The summed E-state index contributed by atoms with van der Waals surface area (Å²) < 4.78 is 5.15. The molecular weight excluding hydrogens is 244 g/mol. The monoisotopic (exact) mass is 260 g/mol. The lowest BCUT2D eigenvalue weighted by Crippen LogP contribution is -2.13. The molecule has 5 heteroatoms. The van der Waals surface area contributed by atoms with E-state index in [0.29, 0.717) is 12.1 Å². The number of carbonyl (C=O) groups is 1. The first-order valence-electron chi connectivity index (χ1n) is 6.02. The fourth-order valence-corrected chi connectivity index (χ4v) is 1.88. The number of carboxylic acid groups (broad SMARTS) is 1. The summed E-state index contributed by atoms with van der Waals surface area (Å²) >= 11 is 0. The van der Waals surface area contributed by atoms with E-state index < -0.39 is 5.97 Å². The standard InChI is InChI=1S/C14H16N2O3/c1-19-10-3-6-12-9(8-10)2-5-13(16-12)11(15)4-7-14(17)18/h2-3,5-6,8,11H,4,7,15H2,1H3,(H,17,18). The van der Waals surface area contributed by atoms with Crippen LogP contribution in [-0.4, -0.2) is 23.2 Å². The Morgan fingerprint density at radius 3 is 2.89 bits per heavy atom. The van der Waals surface area contributed by atoms with Crippen molar-refractivity contribution in [3.8, 4) is 5.75 Å². The Bertz CT molecular complexity index is 598. The minimum Gasteiger partial charge on any atom is -0.497 e. The number of methoxy groups -OCH3 is 1. The first-order chi connectivity index (χ1) is 9.10. The van der Waals surface area contributed by atoms with Gasteiger partial charge in [0, 0.05) is 17.8 Å². The molecule has 1 aromatic heterocycles. The van der Waals surface area contributed by atoms with Gasteiger partial charge in [-0.05, 0) is 30.7 Å². The number of hydrogen-bond acceptors (Lipinski definition) is 4. The van der Waals surface area contributed by atoms with Crippen molar-refractivity contribution in [2.75, 3.05) is 7.11 Å². The zero-order chi connectivity index (χ0) is 13.8. The summed E-state index contributed by atoms with van der Waals surface area (Å²) in [5.74, 6) is -0.0711. The molecule has 2 rings (SSSR count). The van der Waals surface area contributed by atoms with E-state index in [4.69, 9.17) is 15.6 Å². The van der Waals surface area contributed by atoms with Crippen LogP contribution in [0.4, 0.5) is 0 Å². The van der Waals surface area contributed by atoms with Crippen LogP contribution in [0.5, 0.6) is 5.75 Å². The number of benzene rings is 1. The van der Waals surface area contributed by atoms with Crippen LogP contribution in [0.3, 0.4) is 0 Å². The highest BCUT2D eigenvalue weighted by Gasteiger charge is 2.10. The minimum absolute atomic E-state index is 0.0451. The van der Waals surface area contributed by atoms with E-state index in [1.807, 2.05) is 30.3 Å². The Morgan fingerprint density at radius 1 is 1.42 bits per heavy atom. The van der Waals surface area contributed by atoms with Crippen LogP contribution >= 0.6 is 0 Å². The average molecular weight is 260 g/mol. The lowest BCUT2D eigenvalue weighted by Gasteiger charge is -2.11. The largest absolute Gasteiger partial charge is 0.497 e. The number of aromatic nitrogens is 1. The van der Waals surface area contributed by atoms with E-state index in [-0.39, 0.29) is 12.5 Å². The molecule has 3 N–H and O–H groups in total. The quantitative estimate of drug-likeness (QED) is 0.860. The molecule has 0 spiro atoms. The number of hydrogen-bond donors (Lipinski definition) is 2. The summed E-state index contributed by atoms with van der Waals surface area (Å²) in [6.07, 6.45) is 0.424. The van der Waals surface area contributed by atoms with Gasteiger partial charge in [-0.25, -0.2) is 0 Å². The summed E-state index contributed by atoms with van der Waals surface area (Å²) in [5.41, 5.74) is 7.47. The van der Waals surface area contributed by atoms with Crippen molar-refractivity contribution in [3.63, 3.8) is 0 Å². The number of carboxylic acids is 1. The SMILES string of the molecule is COc1ccc2nc(C(N)CCC(=O)O)ccc2c1. The number of pyridine rings is 1. The number of ether oxygens (including phenoxy) is 1. The number of nitrogens with two attached hydrogens (primary N) is 1. The van der Waals surface area contributed by atoms with Gasteiger partial charge in [-0.3, -0.25) is 9.78 Å². The van der Waals surface area contributed by atoms with Gasteiger partial charge in [-0.2, -0.15) is 0 Å². The zero-order valence-corrected chi connectivity index (χ0v) is 10.7. The number of fused-ring (bicyclic) bond motifs is 1. The zero-order valence-electron chi connectivity index (χ0n) is 10.7. The van der Waals surface area contributed by atoms with Crippen molar-refractivity contribution in [1.29, 1.82) is 0 Å². The van der Waals surface area contributed by atoms with Gasteiger partial charge in [0.25, 0.3) is 0 Å². The second kappa shape index (κ2) is 5.67. The summed E-state index contributed by atoms with van der Waals surface area (Å²) in [6, 6.07) is 8.98. The lowest BCUT2D eigenvalue weighted by molar-refractivity contribution is -0.137. The molecule has 0 aliphatic carbocycles. The number of aliphatic carboxylic acids is 1. The van der Waals surface area contributed by atoms with Crippen molar-refractivity contribution < 1.29 is 14.6 Å². The molecule has 0 fully saturated rings. The third-order valence-corrected chi connectivity index (χ3v) is 2.97. The first kappa shape index (κ1) is 13.3. The Hall–Kier alpha value is -2.14. The maximum Gasteiger partial charge on any atom is 0.303 e. The topological polar surface area (TPSA) is 85.4 Å². The van der Waals surface area contributed by atoms with Crippen LogP contribution in [0.1, 0.15) is 24.6 Å². The average Bonchev–Trinajstić information content (AvgIpc) is 2.43. The van der Waals surface area contributed by atoms with E-state index in [9.17, 15) is 4.79 Å². The van der Waals surface area contributed by atoms with Crippen LogP contribution in [0.2, 0.25) is 0 Å². The molecule has 1 atom stereocenters. The molecule has 0 saturated heterocycles. The normalized spacial score (nSPS) is 12.3. The van der Waals surface area contributed by atoms with E-state index in [0.717, 1.165) is 16.7 Å². The predicted molar refractivity (Wildman–Crippen MR) is 72.1 cm³/mol.